The zero-order chi connectivity index (χ0) is 33.2. The number of rotatable bonds is 15. The van der Waals surface area contributed by atoms with Crippen molar-refractivity contribution in [3.05, 3.63) is 24.4 Å². The number of carbonyl (C=O) groups is 5. The van der Waals surface area contributed by atoms with Crippen molar-refractivity contribution >= 4 is 29.7 Å². The molecule has 0 bridgehead atoms. The molecular weight excluding hydrogens is 566 g/mol. The minimum absolute atomic E-state index is 0.152. The Morgan fingerprint density at radius 1 is 1.00 bits per heavy atom. The smallest absolute Gasteiger partial charge is 0.337 e. The van der Waals surface area contributed by atoms with Crippen LogP contribution in [0.1, 0.15) is 98.3 Å². The first-order valence-corrected chi connectivity index (χ1v) is 16.0. The standard InChI is InChI=1S/C33H55N3O8/c1-22(2)17-15-13-11-9-8-10-12-14-16-18-23(3)30-25(5)31(40)34-24(4)19-20-27(38)36(6)21-26(37)35-28(32(41)44-30)29(39)33(42)43-7/h19-20,22-23,25,28-30,39H,4,8-18,21H2,1-3,5-7H3,(H,34,40)(H,35,37)/b20-19+/t23-,25+,28-,29-,30+/m0/s1. The summed E-state index contributed by atoms with van der Waals surface area (Å²) < 4.78 is 10.3. The Hall–Kier alpha value is -3.21. The summed E-state index contributed by atoms with van der Waals surface area (Å²) in [4.78, 5) is 64.8. The van der Waals surface area contributed by atoms with E-state index < -0.39 is 60.4 Å². The average molecular weight is 622 g/mol. The number of nitrogens with zero attached hydrogens (tertiary/aromatic N) is 1. The van der Waals surface area contributed by atoms with Crippen LogP contribution in [0.15, 0.2) is 24.4 Å². The Morgan fingerprint density at radius 3 is 2.09 bits per heavy atom. The molecule has 0 unspecified atom stereocenters. The summed E-state index contributed by atoms with van der Waals surface area (Å²) in [7, 11) is 2.38. The molecule has 3 amide bonds. The van der Waals surface area contributed by atoms with Gasteiger partial charge < -0.3 is 30.1 Å². The number of amides is 3. The summed E-state index contributed by atoms with van der Waals surface area (Å²) >= 11 is 0. The number of carbonyl (C=O) groups excluding carboxylic acids is 5. The lowest BCUT2D eigenvalue weighted by Crippen LogP contribution is -2.56. The van der Waals surface area contributed by atoms with Crippen molar-refractivity contribution in [2.45, 2.75) is 117 Å². The fourth-order valence-corrected chi connectivity index (χ4v) is 5.14. The van der Waals surface area contributed by atoms with Crippen LogP contribution in [0.25, 0.3) is 0 Å². The minimum Gasteiger partial charge on any atom is -0.467 e. The molecule has 11 heteroatoms. The number of hydrogen-bond acceptors (Lipinski definition) is 8. The van der Waals surface area contributed by atoms with Gasteiger partial charge >= 0.3 is 11.9 Å². The van der Waals surface area contributed by atoms with E-state index in [0.29, 0.717) is 6.42 Å². The van der Waals surface area contributed by atoms with Gasteiger partial charge in [-0.15, -0.1) is 0 Å². The van der Waals surface area contributed by atoms with Crippen molar-refractivity contribution in [1.29, 1.82) is 0 Å². The van der Waals surface area contributed by atoms with Crippen LogP contribution in [0.3, 0.4) is 0 Å². The van der Waals surface area contributed by atoms with Crippen LogP contribution >= 0.6 is 0 Å². The van der Waals surface area contributed by atoms with Crippen LogP contribution in [0.5, 0.6) is 0 Å². The summed E-state index contributed by atoms with van der Waals surface area (Å²) in [6.45, 7) is 11.3. The largest absolute Gasteiger partial charge is 0.467 e. The molecule has 1 aliphatic rings. The Kier molecular flexibility index (Phi) is 18.3. The molecule has 0 spiro atoms. The Morgan fingerprint density at radius 2 is 1.55 bits per heavy atom. The monoisotopic (exact) mass is 621 g/mol. The number of aliphatic hydroxyl groups excluding tert-OH is 1. The first-order chi connectivity index (χ1) is 20.8. The van der Waals surface area contributed by atoms with Crippen LogP contribution in [-0.4, -0.2) is 78.6 Å². The molecule has 0 saturated heterocycles. The predicted octanol–water partition coefficient (Wildman–Crippen LogP) is 3.79. The molecule has 0 aromatic carbocycles. The van der Waals surface area contributed by atoms with Crippen LogP contribution < -0.4 is 10.6 Å². The first kappa shape index (κ1) is 38.8. The molecule has 5 atom stereocenters. The molecule has 3 N–H and O–H groups in total. The van der Waals surface area contributed by atoms with Gasteiger partial charge in [-0.3, -0.25) is 14.4 Å². The normalized spacial score (nSPS) is 22.8. The average Bonchev–Trinajstić information content (AvgIpc) is 2.97. The summed E-state index contributed by atoms with van der Waals surface area (Å²) in [5.74, 6) is -4.47. The Bertz CT molecular complexity index is 996. The summed E-state index contributed by atoms with van der Waals surface area (Å²) in [5, 5.41) is 15.4. The third-order valence-corrected chi connectivity index (χ3v) is 7.96. The van der Waals surface area contributed by atoms with Gasteiger partial charge in [0.1, 0.15) is 6.10 Å². The number of nitrogens with one attached hydrogen (secondary N) is 2. The highest BCUT2D eigenvalue weighted by atomic mass is 16.6. The first-order valence-electron chi connectivity index (χ1n) is 16.0. The van der Waals surface area contributed by atoms with Crippen molar-refractivity contribution in [2.24, 2.45) is 17.8 Å². The molecule has 0 aromatic rings. The lowest BCUT2D eigenvalue weighted by atomic mass is 9.88. The van der Waals surface area contributed by atoms with E-state index in [0.717, 1.165) is 49.7 Å². The summed E-state index contributed by atoms with van der Waals surface area (Å²) in [6, 6.07) is -1.82. The molecule has 0 aromatic heterocycles. The molecular formula is C33H55N3O8. The summed E-state index contributed by atoms with van der Waals surface area (Å²) in [5.41, 5.74) is 0.152. The second-order valence-corrected chi connectivity index (χ2v) is 12.4. The fraction of sp³-hybridized carbons (Fsp3) is 0.727. The third kappa shape index (κ3) is 14.5. The molecule has 1 rings (SSSR count). The van der Waals surface area contributed by atoms with Crippen molar-refractivity contribution < 1.29 is 38.6 Å². The van der Waals surface area contributed by atoms with E-state index in [4.69, 9.17) is 4.74 Å². The number of unbranched alkanes of at least 4 members (excludes halogenated alkanes) is 8. The van der Waals surface area contributed by atoms with Gasteiger partial charge in [-0.05, 0) is 24.3 Å². The highest BCUT2D eigenvalue weighted by Crippen LogP contribution is 2.25. The van der Waals surface area contributed by atoms with Gasteiger partial charge in [0.05, 0.1) is 19.6 Å². The summed E-state index contributed by atoms with van der Waals surface area (Å²) in [6.07, 6.45) is 11.9. The number of hydrogen-bond donors (Lipinski definition) is 3. The Labute approximate surface area is 263 Å². The van der Waals surface area contributed by atoms with Gasteiger partial charge in [-0.25, -0.2) is 9.59 Å². The molecule has 1 aliphatic heterocycles. The van der Waals surface area contributed by atoms with Crippen LogP contribution in [0.2, 0.25) is 0 Å². The van der Waals surface area contributed by atoms with Crippen LogP contribution in [-0.2, 0) is 33.4 Å². The number of allylic oxidation sites excluding steroid dienone is 1. The lowest BCUT2D eigenvalue weighted by molar-refractivity contribution is -0.169. The molecule has 44 heavy (non-hydrogen) atoms. The van der Waals surface area contributed by atoms with Crippen molar-refractivity contribution in [2.75, 3.05) is 20.7 Å². The van der Waals surface area contributed by atoms with Gasteiger partial charge in [0.25, 0.3) is 0 Å². The van der Waals surface area contributed by atoms with Crippen LogP contribution in [0, 0.1) is 17.8 Å². The number of ether oxygens (including phenoxy) is 2. The Balaban J connectivity index is 2.96. The van der Waals surface area contributed by atoms with E-state index in [1.165, 1.54) is 51.6 Å². The van der Waals surface area contributed by atoms with Crippen molar-refractivity contribution in [3.8, 4) is 0 Å². The van der Waals surface area contributed by atoms with E-state index in [1.54, 1.807) is 6.92 Å². The van der Waals surface area contributed by atoms with Crippen LogP contribution in [0.4, 0.5) is 0 Å². The SMILES string of the molecule is C=C1/C=C/C(=O)N(C)CC(=O)N[C@@H]([C@H](O)C(=O)OC)C(=O)O[C@H]([C@@H](C)CCCCCCCCCCCC(C)C)[C@@H](C)C(=O)N1. The van der Waals surface area contributed by atoms with E-state index in [-0.39, 0.29) is 11.6 Å². The molecule has 250 valence electrons. The molecule has 0 fully saturated rings. The number of aliphatic hydroxyl groups is 1. The third-order valence-electron chi connectivity index (χ3n) is 7.96. The maximum Gasteiger partial charge on any atom is 0.337 e. The topological polar surface area (TPSA) is 151 Å². The van der Waals surface area contributed by atoms with Gasteiger partial charge in [-0.1, -0.05) is 98.5 Å². The molecule has 0 saturated carbocycles. The van der Waals surface area contributed by atoms with Gasteiger partial charge in [0.15, 0.2) is 12.1 Å². The van der Waals surface area contributed by atoms with Gasteiger partial charge in [0.2, 0.25) is 17.7 Å². The molecule has 0 aliphatic carbocycles. The zero-order valence-corrected chi connectivity index (χ0v) is 27.6. The molecule has 0 radical (unpaired) electrons. The lowest BCUT2D eigenvalue weighted by Gasteiger charge is -2.31. The maximum absolute atomic E-state index is 13.4. The zero-order valence-electron chi connectivity index (χ0n) is 27.6. The van der Waals surface area contributed by atoms with E-state index >= 15 is 0 Å². The quantitative estimate of drug-likeness (QED) is 0.185. The number of likely N-dealkylation sites (N-methyl/N-ethyl adjacent to an activating group) is 1. The van der Waals surface area contributed by atoms with E-state index in [2.05, 4.69) is 35.8 Å². The van der Waals surface area contributed by atoms with Crippen molar-refractivity contribution in [3.63, 3.8) is 0 Å². The van der Waals surface area contributed by atoms with Gasteiger partial charge in [-0.2, -0.15) is 0 Å². The second-order valence-electron chi connectivity index (χ2n) is 12.4. The van der Waals surface area contributed by atoms with E-state index in [1.807, 2.05) is 6.92 Å². The van der Waals surface area contributed by atoms with Gasteiger partial charge in [0, 0.05) is 18.8 Å². The van der Waals surface area contributed by atoms with E-state index in [9.17, 15) is 29.1 Å². The maximum atomic E-state index is 13.4. The highest BCUT2D eigenvalue weighted by molar-refractivity contribution is 5.94. The van der Waals surface area contributed by atoms with Crippen molar-refractivity contribution in [1.82, 2.24) is 15.5 Å². The molecule has 1 heterocycles. The second kappa shape index (κ2) is 20.7. The molecule has 11 nitrogen and oxygen atoms in total. The highest BCUT2D eigenvalue weighted by Gasteiger charge is 2.40. The fourth-order valence-electron chi connectivity index (χ4n) is 5.14. The minimum atomic E-state index is -2.07. The number of cyclic esters (lactones) is 1. The predicted molar refractivity (Wildman–Crippen MR) is 168 cm³/mol. The number of methoxy groups -OCH3 is 1. The number of esters is 2.